The average Bonchev–Trinajstić information content (AvgIpc) is 2.99. The van der Waals surface area contributed by atoms with Crippen LogP contribution in [0, 0.1) is 0 Å². The van der Waals surface area contributed by atoms with Crippen molar-refractivity contribution in [1.82, 2.24) is 10.3 Å². The Kier molecular flexibility index (Phi) is 4.16. The summed E-state index contributed by atoms with van der Waals surface area (Å²) in [5, 5.41) is 14.2. The number of rotatable bonds is 5. The maximum absolute atomic E-state index is 12.1. The SMILES string of the molecule is COCc1nc(C(=O)NC2(C(=O)O)CCCC2)cs1. The Morgan fingerprint density at radius 1 is 1.53 bits per heavy atom. The van der Waals surface area contributed by atoms with Gasteiger partial charge in [-0.25, -0.2) is 9.78 Å². The molecule has 0 spiro atoms. The van der Waals surface area contributed by atoms with E-state index in [1.807, 2.05) is 0 Å². The summed E-state index contributed by atoms with van der Waals surface area (Å²) in [6, 6.07) is 0. The molecule has 1 aliphatic rings. The van der Waals surface area contributed by atoms with Crippen LogP contribution in [0.15, 0.2) is 5.38 Å². The highest BCUT2D eigenvalue weighted by atomic mass is 32.1. The molecule has 1 fully saturated rings. The highest BCUT2D eigenvalue weighted by Crippen LogP contribution is 2.30. The van der Waals surface area contributed by atoms with E-state index in [9.17, 15) is 14.7 Å². The van der Waals surface area contributed by atoms with Gasteiger partial charge in [0, 0.05) is 12.5 Å². The van der Waals surface area contributed by atoms with Gasteiger partial charge in [0.05, 0.1) is 6.61 Å². The molecule has 0 aliphatic heterocycles. The normalized spacial score (nSPS) is 17.3. The van der Waals surface area contributed by atoms with Gasteiger partial charge in [0.15, 0.2) is 0 Å². The van der Waals surface area contributed by atoms with Crippen LogP contribution in [0.4, 0.5) is 0 Å². The highest BCUT2D eigenvalue weighted by Gasteiger charge is 2.42. The number of nitrogens with zero attached hydrogens (tertiary/aromatic N) is 1. The van der Waals surface area contributed by atoms with Gasteiger partial charge in [-0.05, 0) is 12.8 Å². The lowest BCUT2D eigenvalue weighted by molar-refractivity contribution is -0.144. The van der Waals surface area contributed by atoms with E-state index in [-0.39, 0.29) is 5.69 Å². The van der Waals surface area contributed by atoms with Gasteiger partial charge < -0.3 is 15.2 Å². The molecule has 1 aliphatic carbocycles. The maximum atomic E-state index is 12.1. The van der Waals surface area contributed by atoms with Crippen molar-refractivity contribution in [3.05, 3.63) is 16.1 Å². The van der Waals surface area contributed by atoms with Gasteiger partial charge in [0.2, 0.25) is 0 Å². The van der Waals surface area contributed by atoms with Crippen LogP contribution >= 0.6 is 11.3 Å². The van der Waals surface area contributed by atoms with E-state index in [4.69, 9.17) is 4.74 Å². The number of hydrogen-bond acceptors (Lipinski definition) is 5. The monoisotopic (exact) mass is 284 g/mol. The summed E-state index contributed by atoms with van der Waals surface area (Å²) in [7, 11) is 1.55. The van der Waals surface area contributed by atoms with Crippen LogP contribution in [0.5, 0.6) is 0 Å². The van der Waals surface area contributed by atoms with Crippen LogP contribution in [0.2, 0.25) is 0 Å². The molecule has 0 bridgehead atoms. The summed E-state index contributed by atoms with van der Waals surface area (Å²) in [4.78, 5) is 27.5. The maximum Gasteiger partial charge on any atom is 0.329 e. The molecule has 6 nitrogen and oxygen atoms in total. The lowest BCUT2D eigenvalue weighted by Gasteiger charge is -2.24. The number of ether oxygens (including phenoxy) is 1. The number of nitrogens with one attached hydrogen (secondary N) is 1. The molecule has 1 heterocycles. The Bertz CT molecular complexity index is 480. The van der Waals surface area contributed by atoms with E-state index >= 15 is 0 Å². The fourth-order valence-electron chi connectivity index (χ4n) is 2.26. The van der Waals surface area contributed by atoms with Gasteiger partial charge in [-0.3, -0.25) is 4.79 Å². The van der Waals surface area contributed by atoms with E-state index in [1.165, 1.54) is 11.3 Å². The fraction of sp³-hybridized carbons (Fsp3) is 0.583. The molecule has 0 unspecified atom stereocenters. The van der Waals surface area contributed by atoms with Crippen LogP contribution in [0.1, 0.15) is 41.2 Å². The smallest absolute Gasteiger partial charge is 0.329 e. The first kappa shape index (κ1) is 14.0. The van der Waals surface area contributed by atoms with Crippen LogP contribution in [-0.2, 0) is 16.1 Å². The van der Waals surface area contributed by atoms with E-state index in [2.05, 4.69) is 10.3 Å². The van der Waals surface area contributed by atoms with Crippen molar-refractivity contribution in [3.8, 4) is 0 Å². The topological polar surface area (TPSA) is 88.5 Å². The molecule has 1 saturated carbocycles. The molecular weight excluding hydrogens is 268 g/mol. The van der Waals surface area contributed by atoms with Gasteiger partial charge >= 0.3 is 5.97 Å². The number of carbonyl (C=O) groups excluding carboxylic acids is 1. The minimum atomic E-state index is -1.12. The summed E-state index contributed by atoms with van der Waals surface area (Å²) < 4.78 is 4.93. The Labute approximate surface area is 114 Å². The molecule has 1 aromatic heterocycles. The second-order valence-corrected chi connectivity index (χ2v) is 5.55. The van der Waals surface area contributed by atoms with Crippen LogP contribution in [-0.4, -0.2) is 34.6 Å². The third kappa shape index (κ3) is 2.93. The highest BCUT2D eigenvalue weighted by molar-refractivity contribution is 7.09. The van der Waals surface area contributed by atoms with Crippen molar-refractivity contribution in [2.24, 2.45) is 0 Å². The number of carbonyl (C=O) groups is 2. The molecule has 7 heteroatoms. The molecule has 104 valence electrons. The number of methoxy groups -OCH3 is 1. The van der Waals surface area contributed by atoms with Gasteiger partial charge in [-0.15, -0.1) is 11.3 Å². The number of carboxylic acid groups (broad SMARTS) is 1. The minimum absolute atomic E-state index is 0.254. The van der Waals surface area contributed by atoms with Crippen molar-refractivity contribution < 1.29 is 19.4 Å². The van der Waals surface area contributed by atoms with Crippen molar-refractivity contribution in [1.29, 1.82) is 0 Å². The zero-order chi connectivity index (χ0) is 13.9. The molecule has 0 aromatic carbocycles. The predicted octanol–water partition coefficient (Wildman–Crippen LogP) is 1.42. The van der Waals surface area contributed by atoms with E-state index in [0.29, 0.717) is 24.5 Å². The van der Waals surface area contributed by atoms with Crippen molar-refractivity contribution in [2.75, 3.05) is 7.11 Å². The largest absolute Gasteiger partial charge is 0.480 e. The molecule has 0 saturated heterocycles. The number of carboxylic acids is 1. The molecule has 19 heavy (non-hydrogen) atoms. The first-order valence-corrected chi connectivity index (χ1v) is 6.94. The number of aliphatic carboxylic acids is 1. The lowest BCUT2D eigenvalue weighted by atomic mass is 9.98. The molecule has 0 radical (unpaired) electrons. The van der Waals surface area contributed by atoms with Crippen molar-refractivity contribution >= 4 is 23.2 Å². The third-order valence-electron chi connectivity index (χ3n) is 3.27. The fourth-order valence-corrected chi connectivity index (χ4v) is 3.00. The summed E-state index contributed by atoms with van der Waals surface area (Å²) in [6.45, 7) is 0.349. The van der Waals surface area contributed by atoms with Crippen molar-refractivity contribution in [2.45, 2.75) is 37.8 Å². The van der Waals surface area contributed by atoms with E-state index in [0.717, 1.165) is 12.8 Å². The first-order valence-electron chi connectivity index (χ1n) is 6.07. The predicted molar refractivity (Wildman–Crippen MR) is 69.1 cm³/mol. The zero-order valence-corrected chi connectivity index (χ0v) is 11.5. The summed E-state index contributed by atoms with van der Waals surface area (Å²) in [5.74, 6) is -1.39. The lowest BCUT2D eigenvalue weighted by Crippen LogP contribution is -2.52. The number of amides is 1. The van der Waals surface area contributed by atoms with Crippen LogP contribution in [0.3, 0.4) is 0 Å². The second kappa shape index (κ2) is 5.66. The Morgan fingerprint density at radius 3 is 2.79 bits per heavy atom. The molecule has 1 amide bonds. The van der Waals surface area contributed by atoms with Gasteiger partial charge in [-0.2, -0.15) is 0 Å². The van der Waals surface area contributed by atoms with Gasteiger partial charge in [0.1, 0.15) is 16.2 Å². The third-order valence-corrected chi connectivity index (χ3v) is 4.09. The number of hydrogen-bond donors (Lipinski definition) is 2. The Balaban J connectivity index is 2.08. The van der Waals surface area contributed by atoms with Crippen LogP contribution in [0.25, 0.3) is 0 Å². The average molecular weight is 284 g/mol. The van der Waals surface area contributed by atoms with E-state index in [1.54, 1.807) is 12.5 Å². The summed E-state index contributed by atoms with van der Waals surface area (Å²) in [6.07, 6.45) is 2.59. The van der Waals surface area contributed by atoms with Crippen LogP contribution < -0.4 is 5.32 Å². The molecule has 2 rings (SSSR count). The first-order chi connectivity index (χ1) is 9.07. The Morgan fingerprint density at radius 2 is 2.21 bits per heavy atom. The van der Waals surface area contributed by atoms with E-state index < -0.39 is 17.4 Å². The molecule has 0 atom stereocenters. The summed E-state index contributed by atoms with van der Waals surface area (Å²) >= 11 is 1.32. The minimum Gasteiger partial charge on any atom is -0.480 e. The van der Waals surface area contributed by atoms with Crippen molar-refractivity contribution in [3.63, 3.8) is 0 Å². The number of aromatic nitrogens is 1. The standard InChI is InChI=1S/C12H16N2O4S/c1-18-6-9-13-8(7-19-9)10(15)14-12(11(16)17)4-2-3-5-12/h7H,2-6H2,1H3,(H,14,15)(H,16,17). The second-order valence-electron chi connectivity index (χ2n) is 4.61. The molecule has 2 N–H and O–H groups in total. The molecule has 1 aromatic rings. The molecular formula is C12H16N2O4S. The van der Waals surface area contributed by atoms with Gasteiger partial charge in [0.25, 0.3) is 5.91 Å². The number of thiazole rings is 1. The summed E-state index contributed by atoms with van der Waals surface area (Å²) in [5.41, 5.74) is -0.869. The Hall–Kier alpha value is -1.47. The quantitative estimate of drug-likeness (QED) is 0.853. The van der Waals surface area contributed by atoms with Gasteiger partial charge in [-0.1, -0.05) is 12.8 Å². The zero-order valence-electron chi connectivity index (χ0n) is 10.6.